The Hall–Kier alpha value is -3.60. The first-order valence-electron chi connectivity index (χ1n) is 10.8. The van der Waals surface area contributed by atoms with Crippen LogP contribution in [0.25, 0.3) is 0 Å². The van der Waals surface area contributed by atoms with E-state index in [1.165, 1.54) is 13.2 Å². The second kappa shape index (κ2) is 8.64. The Labute approximate surface area is 197 Å². The fourth-order valence-electron chi connectivity index (χ4n) is 4.04. The van der Waals surface area contributed by atoms with Crippen molar-refractivity contribution < 1.29 is 27.5 Å². The van der Waals surface area contributed by atoms with Gasteiger partial charge in [0.1, 0.15) is 17.8 Å². The van der Waals surface area contributed by atoms with Gasteiger partial charge in [-0.15, -0.1) is 0 Å². The first kappa shape index (κ1) is 23.6. The molecule has 10 nitrogen and oxygen atoms in total. The van der Waals surface area contributed by atoms with E-state index in [9.17, 15) is 22.8 Å². The summed E-state index contributed by atoms with van der Waals surface area (Å²) in [4.78, 5) is 38.5. The van der Waals surface area contributed by atoms with Gasteiger partial charge in [0, 0.05) is 5.69 Å². The zero-order chi connectivity index (χ0) is 24.7. The van der Waals surface area contributed by atoms with Gasteiger partial charge >= 0.3 is 6.03 Å². The molecule has 1 aliphatic heterocycles. The maximum absolute atomic E-state index is 13.0. The minimum atomic E-state index is -4.00. The normalized spacial score (nSPS) is 20.1. The SMILES string of the molecule is COc1ccccc1NS(=O)(=O)c1cc(NC(=O)CN2C(=O)NC(C)(C3CC3)C2=O)ccc1C. The van der Waals surface area contributed by atoms with Gasteiger partial charge < -0.3 is 15.4 Å². The van der Waals surface area contributed by atoms with Crippen LogP contribution in [0.2, 0.25) is 0 Å². The standard InChI is InChI=1S/C23H26N4O6S/c1-14-8-11-16(12-19(14)34(31,32)26-17-6-4-5-7-18(17)33-3)24-20(28)13-27-21(29)23(2,15-9-10-15)25-22(27)30/h4-8,11-12,15,26H,9-10,13H2,1-3H3,(H,24,28)(H,25,30). The molecular weight excluding hydrogens is 460 g/mol. The number of anilines is 2. The maximum Gasteiger partial charge on any atom is 0.325 e. The molecule has 4 amide bonds. The molecule has 0 spiro atoms. The average molecular weight is 487 g/mol. The van der Waals surface area contributed by atoms with Crippen molar-refractivity contribution in [2.24, 2.45) is 5.92 Å². The number of ether oxygens (including phenoxy) is 1. The summed E-state index contributed by atoms with van der Waals surface area (Å²) < 4.78 is 33.8. The van der Waals surface area contributed by atoms with E-state index in [4.69, 9.17) is 4.74 Å². The first-order valence-corrected chi connectivity index (χ1v) is 12.2. The van der Waals surface area contributed by atoms with Crippen LogP contribution < -0.4 is 20.1 Å². The van der Waals surface area contributed by atoms with Crippen molar-refractivity contribution in [1.29, 1.82) is 0 Å². The van der Waals surface area contributed by atoms with E-state index in [0.29, 0.717) is 11.3 Å². The fraction of sp³-hybridized carbons (Fsp3) is 0.348. The highest BCUT2D eigenvalue weighted by atomic mass is 32.2. The van der Waals surface area contributed by atoms with Crippen LogP contribution in [0.4, 0.5) is 16.2 Å². The van der Waals surface area contributed by atoms with Gasteiger partial charge in [0.25, 0.3) is 15.9 Å². The minimum Gasteiger partial charge on any atom is -0.495 e. The number of hydrogen-bond acceptors (Lipinski definition) is 6. The van der Waals surface area contributed by atoms with E-state index < -0.39 is 40.0 Å². The molecule has 1 saturated heterocycles. The summed E-state index contributed by atoms with van der Waals surface area (Å²) in [5.41, 5.74) is -0.0223. The predicted molar refractivity (Wildman–Crippen MR) is 125 cm³/mol. The van der Waals surface area contributed by atoms with E-state index in [1.807, 2.05) is 0 Å². The number of benzene rings is 2. The molecule has 1 heterocycles. The van der Waals surface area contributed by atoms with E-state index in [2.05, 4.69) is 15.4 Å². The lowest BCUT2D eigenvalue weighted by atomic mass is 9.96. The number of amides is 4. The molecule has 2 aromatic carbocycles. The molecule has 34 heavy (non-hydrogen) atoms. The van der Waals surface area contributed by atoms with Crippen LogP contribution in [0.1, 0.15) is 25.3 Å². The van der Waals surface area contributed by atoms with Gasteiger partial charge in [0.15, 0.2) is 0 Å². The van der Waals surface area contributed by atoms with Crippen LogP contribution in [0, 0.1) is 12.8 Å². The average Bonchev–Trinajstić information content (AvgIpc) is 3.61. The Morgan fingerprint density at radius 2 is 1.91 bits per heavy atom. The van der Waals surface area contributed by atoms with Crippen molar-refractivity contribution in [3.63, 3.8) is 0 Å². The molecule has 1 saturated carbocycles. The smallest absolute Gasteiger partial charge is 0.325 e. The summed E-state index contributed by atoms with van der Waals surface area (Å²) in [6.45, 7) is 2.84. The fourth-order valence-corrected chi connectivity index (χ4v) is 5.38. The zero-order valence-electron chi connectivity index (χ0n) is 19.0. The third-order valence-electron chi connectivity index (χ3n) is 6.11. The molecular formula is C23H26N4O6S. The van der Waals surface area contributed by atoms with Gasteiger partial charge in [0.2, 0.25) is 5.91 Å². The third-order valence-corrected chi connectivity index (χ3v) is 7.62. The van der Waals surface area contributed by atoms with Crippen LogP contribution in [-0.2, 0) is 19.6 Å². The number of hydrogen-bond donors (Lipinski definition) is 3. The summed E-state index contributed by atoms with van der Waals surface area (Å²) in [5.74, 6) is -0.602. The largest absolute Gasteiger partial charge is 0.495 e. The van der Waals surface area contributed by atoms with Crippen LogP contribution in [0.15, 0.2) is 47.4 Å². The Morgan fingerprint density at radius 1 is 1.21 bits per heavy atom. The molecule has 2 fully saturated rings. The second-order valence-corrected chi connectivity index (χ2v) is 10.3. The van der Waals surface area contributed by atoms with Crippen molar-refractivity contribution in [3.05, 3.63) is 48.0 Å². The monoisotopic (exact) mass is 486 g/mol. The summed E-state index contributed by atoms with van der Waals surface area (Å²) in [6.07, 6.45) is 1.71. The van der Waals surface area contributed by atoms with Gasteiger partial charge in [-0.25, -0.2) is 13.2 Å². The highest BCUT2D eigenvalue weighted by Gasteiger charge is 2.56. The quantitative estimate of drug-likeness (QED) is 0.491. The molecule has 2 aliphatic rings. The molecule has 2 aromatic rings. The summed E-state index contributed by atoms with van der Waals surface area (Å²) >= 11 is 0. The number of methoxy groups -OCH3 is 1. The maximum atomic E-state index is 13.0. The van der Waals surface area contributed by atoms with Crippen LogP contribution >= 0.6 is 0 Å². The number of imide groups is 1. The molecule has 0 radical (unpaired) electrons. The second-order valence-electron chi connectivity index (χ2n) is 8.63. The number of nitrogens with one attached hydrogen (secondary N) is 3. The molecule has 3 N–H and O–H groups in total. The Morgan fingerprint density at radius 3 is 2.59 bits per heavy atom. The topological polar surface area (TPSA) is 134 Å². The lowest BCUT2D eigenvalue weighted by molar-refractivity contribution is -0.134. The highest BCUT2D eigenvalue weighted by Crippen LogP contribution is 2.42. The Balaban J connectivity index is 1.49. The molecule has 1 aliphatic carbocycles. The molecule has 0 bridgehead atoms. The molecule has 1 unspecified atom stereocenters. The predicted octanol–water partition coefficient (Wildman–Crippen LogP) is 2.46. The van der Waals surface area contributed by atoms with Gasteiger partial charge in [-0.1, -0.05) is 18.2 Å². The minimum absolute atomic E-state index is 0.0347. The van der Waals surface area contributed by atoms with Gasteiger partial charge in [-0.05, 0) is 62.4 Å². The molecule has 0 aromatic heterocycles. The van der Waals surface area contributed by atoms with E-state index in [0.717, 1.165) is 17.7 Å². The molecule has 180 valence electrons. The summed E-state index contributed by atoms with van der Waals surface area (Å²) in [5, 5.41) is 5.27. The summed E-state index contributed by atoms with van der Waals surface area (Å²) in [6, 6.07) is 10.4. The van der Waals surface area contributed by atoms with Crippen molar-refractivity contribution in [1.82, 2.24) is 10.2 Å². The van der Waals surface area contributed by atoms with E-state index >= 15 is 0 Å². The first-order chi connectivity index (χ1) is 16.0. The third kappa shape index (κ3) is 4.43. The number of urea groups is 1. The van der Waals surface area contributed by atoms with Gasteiger partial charge in [-0.2, -0.15) is 0 Å². The van der Waals surface area contributed by atoms with Crippen molar-refractivity contribution in [2.45, 2.75) is 37.1 Å². The van der Waals surface area contributed by atoms with E-state index in [-0.39, 0.29) is 22.2 Å². The van der Waals surface area contributed by atoms with Crippen molar-refractivity contribution in [3.8, 4) is 5.75 Å². The number of rotatable bonds is 8. The van der Waals surface area contributed by atoms with Gasteiger partial charge in [-0.3, -0.25) is 19.2 Å². The zero-order valence-corrected chi connectivity index (χ0v) is 19.9. The number of para-hydroxylation sites is 2. The number of nitrogens with zero attached hydrogens (tertiary/aromatic N) is 1. The van der Waals surface area contributed by atoms with E-state index in [1.54, 1.807) is 50.2 Å². The van der Waals surface area contributed by atoms with Gasteiger partial charge in [0.05, 0.1) is 17.7 Å². The van der Waals surface area contributed by atoms with Crippen LogP contribution in [-0.4, -0.2) is 50.4 Å². The van der Waals surface area contributed by atoms with Crippen molar-refractivity contribution >= 4 is 39.2 Å². The Kier molecular flexibility index (Phi) is 5.98. The number of aryl methyl sites for hydroxylation is 1. The Bertz CT molecular complexity index is 1270. The lowest BCUT2D eigenvalue weighted by Crippen LogP contribution is -2.46. The van der Waals surface area contributed by atoms with Crippen LogP contribution in [0.3, 0.4) is 0 Å². The highest BCUT2D eigenvalue weighted by molar-refractivity contribution is 7.92. The lowest BCUT2D eigenvalue weighted by Gasteiger charge is -2.20. The number of carbonyl (C=O) groups is 3. The number of carbonyl (C=O) groups excluding carboxylic acids is 3. The number of sulfonamides is 1. The molecule has 11 heteroatoms. The summed E-state index contributed by atoms with van der Waals surface area (Å²) in [7, 11) is -2.57. The van der Waals surface area contributed by atoms with Crippen molar-refractivity contribution in [2.75, 3.05) is 23.7 Å². The molecule has 4 rings (SSSR count). The molecule has 1 atom stereocenters. The van der Waals surface area contributed by atoms with Crippen LogP contribution in [0.5, 0.6) is 5.75 Å².